The minimum absolute atomic E-state index is 0.0605. The Bertz CT molecular complexity index is 768. The van der Waals surface area contributed by atoms with Gasteiger partial charge in [0.15, 0.2) is 6.10 Å². The zero-order valence-corrected chi connectivity index (χ0v) is 17.9. The second-order valence-corrected chi connectivity index (χ2v) is 7.68. The van der Waals surface area contributed by atoms with E-state index in [2.05, 4.69) is 19.2 Å². The van der Waals surface area contributed by atoms with Crippen molar-refractivity contribution in [1.29, 1.82) is 0 Å². The van der Waals surface area contributed by atoms with Crippen LogP contribution in [0, 0.1) is 19.8 Å². The Morgan fingerprint density at radius 2 is 1.75 bits per heavy atom. The van der Waals surface area contributed by atoms with Crippen LogP contribution in [0.1, 0.15) is 56.3 Å². The average Bonchev–Trinajstić information content (AvgIpc) is 2.68. The van der Waals surface area contributed by atoms with Crippen molar-refractivity contribution in [2.24, 2.45) is 5.92 Å². The summed E-state index contributed by atoms with van der Waals surface area (Å²) in [6.07, 6.45) is 0.946. The van der Waals surface area contributed by atoms with Crippen molar-refractivity contribution in [3.63, 3.8) is 0 Å². The molecule has 0 spiro atoms. The van der Waals surface area contributed by atoms with Gasteiger partial charge in [0, 0.05) is 0 Å². The third kappa shape index (κ3) is 5.75. The summed E-state index contributed by atoms with van der Waals surface area (Å²) in [7, 11) is 1.65. The molecule has 4 nitrogen and oxygen atoms in total. The highest BCUT2D eigenvalue weighted by atomic mass is 16.5. The van der Waals surface area contributed by atoms with E-state index in [1.165, 1.54) is 0 Å². The molecule has 152 valence electrons. The average molecular weight is 384 g/mol. The third-order valence-corrected chi connectivity index (χ3v) is 5.03. The van der Waals surface area contributed by atoms with E-state index in [0.29, 0.717) is 12.3 Å². The molecule has 0 aliphatic rings. The molecule has 28 heavy (non-hydrogen) atoms. The number of aryl methyl sites for hydroxylation is 1. The normalized spacial score (nSPS) is 13.1. The van der Waals surface area contributed by atoms with Crippen LogP contribution in [0.5, 0.6) is 11.5 Å². The molecule has 2 atom stereocenters. The van der Waals surface area contributed by atoms with Crippen molar-refractivity contribution in [3.05, 3.63) is 59.2 Å². The fraction of sp³-hybridized carbons (Fsp3) is 0.458. The molecule has 4 heteroatoms. The molecule has 0 aliphatic carbocycles. The molecular weight excluding hydrogens is 350 g/mol. The second-order valence-electron chi connectivity index (χ2n) is 7.68. The van der Waals surface area contributed by atoms with E-state index in [-0.39, 0.29) is 11.9 Å². The highest BCUT2D eigenvalue weighted by Crippen LogP contribution is 2.25. The van der Waals surface area contributed by atoms with Crippen LogP contribution in [0.25, 0.3) is 0 Å². The summed E-state index contributed by atoms with van der Waals surface area (Å²) < 4.78 is 11.3. The van der Waals surface area contributed by atoms with Gasteiger partial charge >= 0.3 is 0 Å². The smallest absolute Gasteiger partial charge is 0.261 e. The Morgan fingerprint density at radius 1 is 1.07 bits per heavy atom. The molecule has 0 unspecified atom stereocenters. The van der Waals surface area contributed by atoms with E-state index in [1.54, 1.807) is 7.11 Å². The molecule has 0 saturated heterocycles. The lowest BCUT2D eigenvalue weighted by Crippen LogP contribution is -2.40. The molecule has 2 aromatic rings. The van der Waals surface area contributed by atoms with Crippen molar-refractivity contribution in [2.75, 3.05) is 7.11 Å². The molecule has 2 rings (SSSR count). The van der Waals surface area contributed by atoms with Crippen LogP contribution in [0.4, 0.5) is 0 Å². The first-order valence-electron chi connectivity index (χ1n) is 10.0. The Hall–Kier alpha value is -2.49. The van der Waals surface area contributed by atoms with Gasteiger partial charge in [0.2, 0.25) is 0 Å². The van der Waals surface area contributed by atoms with Crippen molar-refractivity contribution in [3.8, 4) is 11.5 Å². The molecule has 0 fully saturated rings. The molecule has 1 amide bonds. The lowest BCUT2D eigenvalue weighted by molar-refractivity contribution is -0.129. The number of methoxy groups -OCH3 is 1. The van der Waals surface area contributed by atoms with Gasteiger partial charge in [-0.25, -0.2) is 0 Å². The summed E-state index contributed by atoms with van der Waals surface area (Å²) in [5, 5.41) is 3.20. The van der Waals surface area contributed by atoms with Crippen LogP contribution >= 0.6 is 0 Å². The molecule has 0 heterocycles. The standard InChI is InChI=1S/C24H33NO3/c1-7-22(28-23-10-8-9-17(4)18(23)5)24(26)25-21(15-16(2)3)19-11-13-20(27-6)14-12-19/h8-14,16,21-22H,7,15H2,1-6H3,(H,25,26)/t21-,22-/m1/s1. The lowest BCUT2D eigenvalue weighted by Gasteiger charge is -2.25. The first kappa shape index (κ1) is 21.8. The Kier molecular flexibility index (Phi) is 7.91. The minimum atomic E-state index is -0.520. The van der Waals surface area contributed by atoms with Crippen molar-refractivity contribution in [2.45, 2.75) is 59.6 Å². The van der Waals surface area contributed by atoms with Gasteiger partial charge in [0.05, 0.1) is 13.2 Å². The van der Waals surface area contributed by atoms with Crippen LogP contribution in [0.2, 0.25) is 0 Å². The van der Waals surface area contributed by atoms with E-state index < -0.39 is 6.10 Å². The Balaban J connectivity index is 2.16. The summed E-state index contributed by atoms with van der Waals surface area (Å²) in [6.45, 7) is 10.4. The quantitative estimate of drug-likeness (QED) is 0.633. The van der Waals surface area contributed by atoms with Crippen molar-refractivity contribution >= 4 is 5.91 Å². The maximum Gasteiger partial charge on any atom is 0.261 e. The molecule has 0 bridgehead atoms. The summed E-state index contributed by atoms with van der Waals surface area (Å²) in [5.41, 5.74) is 3.30. The minimum Gasteiger partial charge on any atom is -0.497 e. The van der Waals surface area contributed by atoms with Crippen LogP contribution in [-0.4, -0.2) is 19.1 Å². The van der Waals surface area contributed by atoms with Gasteiger partial charge in [0.25, 0.3) is 5.91 Å². The second kappa shape index (κ2) is 10.2. The largest absolute Gasteiger partial charge is 0.497 e. The van der Waals surface area contributed by atoms with E-state index >= 15 is 0 Å². The van der Waals surface area contributed by atoms with E-state index in [9.17, 15) is 4.79 Å². The third-order valence-electron chi connectivity index (χ3n) is 5.03. The maximum absolute atomic E-state index is 13.0. The molecule has 0 saturated carbocycles. The molecule has 0 aromatic heterocycles. The van der Waals surface area contributed by atoms with Gasteiger partial charge in [-0.1, -0.05) is 45.0 Å². The molecule has 0 radical (unpaired) electrons. The molecular formula is C24H33NO3. The first-order chi connectivity index (χ1) is 13.3. The Labute approximate surface area is 169 Å². The predicted octanol–water partition coefficient (Wildman–Crippen LogP) is 5.37. The number of nitrogens with one attached hydrogen (secondary N) is 1. The Morgan fingerprint density at radius 3 is 2.32 bits per heavy atom. The fourth-order valence-electron chi connectivity index (χ4n) is 3.18. The van der Waals surface area contributed by atoms with Gasteiger partial charge in [-0.05, 0) is 67.5 Å². The van der Waals surface area contributed by atoms with Crippen LogP contribution in [-0.2, 0) is 4.79 Å². The summed E-state index contributed by atoms with van der Waals surface area (Å²) in [5.74, 6) is 1.95. The number of carbonyl (C=O) groups excluding carboxylic acids is 1. The van der Waals surface area contributed by atoms with Crippen molar-refractivity contribution < 1.29 is 14.3 Å². The number of hydrogen-bond donors (Lipinski definition) is 1. The first-order valence-corrected chi connectivity index (χ1v) is 10.0. The topological polar surface area (TPSA) is 47.6 Å². The zero-order chi connectivity index (χ0) is 20.7. The summed E-state index contributed by atoms with van der Waals surface area (Å²) in [6, 6.07) is 13.8. The van der Waals surface area contributed by atoms with Gasteiger partial charge in [-0.3, -0.25) is 4.79 Å². The molecule has 1 N–H and O–H groups in total. The SMILES string of the molecule is CC[C@@H](Oc1cccc(C)c1C)C(=O)N[C@H](CC(C)C)c1ccc(OC)cc1. The number of rotatable bonds is 9. The van der Waals surface area contributed by atoms with Gasteiger partial charge in [0.1, 0.15) is 11.5 Å². The van der Waals surface area contributed by atoms with Crippen LogP contribution < -0.4 is 14.8 Å². The van der Waals surface area contributed by atoms with Gasteiger partial charge < -0.3 is 14.8 Å². The number of amides is 1. The van der Waals surface area contributed by atoms with Crippen LogP contribution in [0.3, 0.4) is 0 Å². The number of carbonyl (C=O) groups is 1. The van der Waals surface area contributed by atoms with Gasteiger partial charge in [-0.15, -0.1) is 0 Å². The maximum atomic E-state index is 13.0. The highest BCUT2D eigenvalue weighted by molar-refractivity contribution is 5.81. The molecule has 0 aliphatic heterocycles. The summed E-state index contributed by atoms with van der Waals surface area (Å²) >= 11 is 0. The fourth-order valence-corrected chi connectivity index (χ4v) is 3.18. The predicted molar refractivity (Wildman–Crippen MR) is 114 cm³/mol. The highest BCUT2D eigenvalue weighted by Gasteiger charge is 2.24. The van der Waals surface area contributed by atoms with E-state index in [1.807, 2.05) is 63.2 Å². The number of ether oxygens (including phenoxy) is 2. The van der Waals surface area contributed by atoms with E-state index in [4.69, 9.17) is 9.47 Å². The van der Waals surface area contributed by atoms with Gasteiger partial charge in [-0.2, -0.15) is 0 Å². The monoisotopic (exact) mass is 383 g/mol. The number of hydrogen-bond acceptors (Lipinski definition) is 3. The zero-order valence-electron chi connectivity index (χ0n) is 17.9. The summed E-state index contributed by atoms with van der Waals surface area (Å²) in [4.78, 5) is 13.0. The molecule has 2 aromatic carbocycles. The number of benzene rings is 2. The van der Waals surface area contributed by atoms with Crippen LogP contribution in [0.15, 0.2) is 42.5 Å². The van der Waals surface area contributed by atoms with E-state index in [0.717, 1.165) is 34.6 Å². The lowest BCUT2D eigenvalue weighted by atomic mass is 9.96. The van der Waals surface area contributed by atoms with Crippen molar-refractivity contribution in [1.82, 2.24) is 5.32 Å².